The van der Waals surface area contributed by atoms with E-state index in [1.54, 1.807) is 12.1 Å². The lowest BCUT2D eigenvalue weighted by Gasteiger charge is -2.33. The molecule has 0 spiro atoms. The quantitative estimate of drug-likeness (QED) is 0.650. The molecule has 0 radical (unpaired) electrons. The van der Waals surface area contributed by atoms with Gasteiger partial charge >= 0.3 is 0 Å². The van der Waals surface area contributed by atoms with Crippen LogP contribution in [0.1, 0.15) is 51.3 Å². The van der Waals surface area contributed by atoms with Crippen molar-refractivity contribution < 1.29 is 9.18 Å². The summed E-state index contributed by atoms with van der Waals surface area (Å²) in [5.74, 6) is 1.06. The SMILES string of the molecule is CC1CCCCN1C(=O)CSc1nnc(CN2CCCCC2)n1-c1ccc(F)cc1. The average molecular weight is 432 g/mol. The van der Waals surface area contributed by atoms with Crippen molar-refractivity contribution in [3.05, 3.63) is 35.9 Å². The molecule has 1 amide bonds. The van der Waals surface area contributed by atoms with Gasteiger partial charge in [0.15, 0.2) is 11.0 Å². The van der Waals surface area contributed by atoms with Crippen molar-refractivity contribution >= 4 is 17.7 Å². The molecule has 1 aromatic heterocycles. The molecular weight excluding hydrogens is 401 g/mol. The van der Waals surface area contributed by atoms with Crippen molar-refractivity contribution in [3.63, 3.8) is 0 Å². The van der Waals surface area contributed by atoms with E-state index < -0.39 is 0 Å². The fourth-order valence-electron chi connectivity index (χ4n) is 4.34. The molecule has 1 aromatic carbocycles. The number of carbonyl (C=O) groups excluding carboxylic acids is 1. The zero-order valence-electron chi connectivity index (χ0n) is 17.6. The lowest BCUT2D eigenvalue weighted by Crippen LogP contribution is -2.43. The number of likely N-dealkylation sites (tertiary alicyclic amines) is 2. The van der Waals surface area contributed by atoms with Gasteiger partial charge in [0.05, 0.1) is 12.3 Å². The number of aromatic nitrogens is 3. The monoisotopic (exact) mass is 431 g/mol. The third-order valence-corrected chi connectivity index (χ3v) is 6.96. The van der Waals surface area contributed by atoms with Crippen LogP contribution in [0.2, 0.25) is 0 Å². The molecule has 2 aromatic rings. The smallest absolute Gasteiger partial charge is 0.233 e. The van der Waals surface area contributed by atoms with Crippen LogP contribution in [0, 0.1) is 5.82 Å². The molecule has 4 rings (SSSR count). The van der Waals surface area contributed by atoms with Gasteiger partial charge in [-0.1, -0.05) is 18.2 Å². The first kappa shape index (κ1) is 21.3. The fraction of sp³-hybridized carbons (Fsp3) is 0.591. The molecule has 0 aliphatic carbocycles. The molecule has 162 valence electrons. The number of piperidine rings is 2. The van der Waals surface area contributed by atoms with Crippen LogP contribution in [0.4, 0.5) is 4.39 Å². The Hall–Kier alpha value is -1.93. The Kier molecular flexibility index (Phi) is 7.04. The first-order valence-electron chi connectivity index (χ1n) is 11.0. The van der Waals surface area contributed by atoms with Gasteiger partial charge in [-0.15, -0.1) is 10.2 Å². The van der Waals surface area contributed by atoms with E-state index in [-0.39, 0.29) is 11.7 Å². The zero-order chi connectivity index (χ0) is 20.9. The van der Waals surface area contributed by atoms with Crippen LogP contribution in [0.3, 0.4) is 0 Å². The second kappa shape index (κ2) is 9.92. The molecule has 0 N–H and O–H groups in total. The van der Waals surface area contributed by atoms with Gasteiger partial charge in [-0.3, -0.25) is 14.3 Å². The summed E-state index contributed by atoms with van der Waals surface area (Å²) in [7, 11) is 0. The number of carbonyl (C=O) groups is 1. The molecule has 2 fully saturated rings. The maximum atomic E-state index is 13.5. The fourth-order valence-corrected chi connectivity index (χ4v) is 5.20. The highest BCUT2D eigenvalue weighted by Gasteiger charge is 2.25. The van der Waals surface area contributed by atoms with E-state index in [9.17, 15) is 9.18 Å². The summed E-state index contributed by atoms with van der Waals surface area (Å²) in [6, 6.07) is 6.70. The highest BCUT2D eigenvalue weighted by atomic mass is 32.2. The minimum absolute atomic E-state index is 0.151. The normalized spacial score (nSPS) is 20.5. The van der Waals surface area contributed by atoms with E-state index in [2.05, 4.69) is 22.0 Å². The minimum atomic E-state index is -0.270. The third kappa shape index (κ3) is 5.03. The van der Waals surface area contributed by atoms with Crippen LogP contribution in [-0.2, 0) is 11.3 Å². The van der Waals surface area contributed by atoms with Gasteiger partial charge in [0.25, 0.3) is 0 Å². The van der Waals surface area contributed by atoms with Gasteiger partial charge in [0.1, 0.15) is 5.82 Å². The van der Waals surface area contributed by atoms with Gasteiger partial charge in [-0.25, -0.2) is 4.39 Å². The largest absolute Gasteiger partial charge is 0.339 e. The Balaban J connectivity index is 1.52. The molecule has 8 heteroatoms. The van der Waals surface area contributed by atoms with E-state index >= 15 is 0 Å². The number of nitrogens with zero attached hydrogens (tertiary/aromatic N) is 5. The van der Waals surface area contributed by atoms with Gasteiger partial charge < -0.3 is 4.90 Å². The van der Waals surface area contributed by atoms with Crippen LogP contribution in [0.5, 0.6) is 0 Å². The predicted octanol–water partition coefficient (Wildman–Crippen LogP) is 3.89. The molecule has 0 bridgehead atoms. The Morgan fingerprint density at radius 1 is 1.07 bits per heavy atom. The summed E-state index contributed by atoms with van der Waals surface area (Å²) in [5.41, 5.74) is 0.828. The van der Waals surface area contributed by atoms with E-state index in [1.807, 2.05) is 9.47 Å². The van der Waals surface area contributed by atoms with Crippen LogP contribution < -0.4 is 0 Å². The maximum Gasteiger partial charge on any atom is 0.233 e. The molecule has 1 atom stereocenters. The van der Waals surface area contributed by atoms with Crippen LogP contribution in [0.15, 0.2) is 29.4 Å². The predicted molar refractivity (Wildman–Crippen MR) is 116 cm³/mol. The molecule has 2 aliphatic rings. The summed E-state index contributed by atoms with van der Waals surface area (Å²) >= 11 is 1.42. The number of amides is 1. The first-order valence-corrected chi connectivity index (χ1v) is 12.0. The molecular formula is C22H30FN5OS. The van der Waals surface area contributed by atoms with E-state index in [4.69, 9.17) is 0 Å². The van der Waals surface area contributed by atoms with Crippen molar-refractivity contribution in [1.29, 1.82) is 0 Å². The van der Waals surface area contributed by atoms with Crippen LogP contribution in [0.25, 0.3) is 5.69 Å². The van der Waals surface area contributed by atoms with E-state index in [0.29, 0.717) is 23.5 Å². The molecule has 3 heterocycles. The summed E-state index contributed by atoms with van der Waals surface area (Å²) in [4.78, 5) is 17.2. The Labute approximate surface area is 181 Å². The lowest BCUT2D eigenvalue weighted by atomic mass is 10.0. The number of hydrogen-bond acceptors (Lipinski definition) is 5. The van der Waals surface area contributed by atoms with Gasteiger partial charge in [0.2, 0.25) is 5.91 Å². The Morgan fingerprint density at radius 2 is 1.80 bits per heavy atom. The second-order valence-electron chi connectivity index (χ2n) is 8.27. The molecule has 30 heavy (non-hydrogen) atoms. The standard InChI is InChI=1S/C22H30FN5OS/c1-17-7-3-6-14-27(17)21(29)16-30-22-25-24-20(15-26-12-4-2-5-13-26)28(22)19-10-8-18(23)9-11-19/h8-11,17H,2-7,12-16H2,1H3. The highest BCUT2D eigenvalue weighted by Crippen LogP contribution is 2.25. The number of hydrogen-bond donors (Lipinski definition) is 0. The van der Waals surface area contributed by atoms with E-state index in [1.165, 1.54) is 49.6 Å². The van der Waals surface area contributed by atoms with E-state index in [0.717, 1.165) is 44.0 Å². The number of rotatable bonds is 6. The molecule has 1 unspecified atom stereocenters. The Morgan fingerprint density at radius 3 is 2.53 bits per heavy atom. The molecule has 2 saturated heterocycles. The number of thioether (sulfide) groups is 1. The van der Waals surface area contributed by atoms with Crippen molar-refractivity contribution in [2.75, 3.05) is 25.4 Å². The summed E-state index contributed by atoms with van der Waals surface area (Å²) in [5, 5.41) is 9.53. The van der Waals surface area contributed by atoms with Crippen molar-refractivity contribution in [1.82, 2.24) is 24.6 Å². The lowest BCUT2D eigenvalue weighted by molar-refractivity contribution is -0.131. The molecule has 0 saturated carbocycles. The maximum absolute atomic E-state index is 13.5. The summed E-state index contributed by atoms with van der Waals surface area (Å²) in [6.07, 6.45) is 7.02. The van der Waals surface area contributed by atoms with Crippen molar-refractivity contribution in [3.8, 4) is 5.69 Å². The van der Waals surface area contributed by atoms with Crippen molar-refractivity contribution in [2.24, 2.45) is 0 Å². The molecule has 2 aliphatic heterocycles. The zero-order valence-corrected chi connectivity index (χ0v) is 18.4. The topological polar surface area (TPSA) is 54.3 Å². The Bertz CT molecular complexity index is 850. The first-order chi connectivity index (χ1) is 14.6. The van der Waals surface area contributed by atoms with Crippen molar-refractivity contribution in [2.45, 2.75) is 63.2 Å². The van der Waals surface area contributed by atoms with Gasteiger partial charge in [-0.2, -0.15) is 0 Å². The summed E-state index contributed by atoms with van der Waals surface area (Å²) < 4.78 is 15.5. The van der Waals surface area contributed by atoms with Gasteiger partial charge in [-0.05, 0) is 76.4 Å². The summed E-state index contributed by atoms with van der Waals surface area (Å²) in [6.45, 7) is 5.79. The van der Waals surface area contributed by atoms with Gasteiger partial charge in [0, 0.05) is 18.3 Å². The van der Waals surface area contributed by atoms with Crippen LogP contribution in [-0.4, -0.2) is 61.9 Å². The minimum Gasteiger partial charge on any atom is -0.339 e. The average Bonchev–Trinajstić information content (AvgIpc) is 3.16. The second-order valence-corrected chi connectivity index (χ2v) is 9.21. The number of benzene rings is 1. The third-order valence-electron chi connectivity index (χ3n) is 6.05. The molecule has 6 nitrogen and oxygen atoms in total. The highest BCUT2D eigenvalue weighted by molar-refractivity contribution is 7.99. The number of halogens is 1. The van der Waals surface area contributed by atoms with Crippen LogP contribution >= 0.6 is 11.8 Å².